The van der Waals surface area contributed by atoms with Crippen LogP contribution in [0.15, 0.2) is 18.3 Å². The molecule has 1 atom stereocenters. The van der Waals surface area contributed by atoms with E-state index in [2.05, 4.69) is 15.6 Å². The fourth-order valence-corrected chi connectivity index (χ4v) is 1.08. The van der Waals surface area contributed by atoms with Crippen molar-refractivity contribution in [2.24, 2.45) is 0 Å². The van der Waals surface area contributed by atoms with Gasteiger partial charge < -0.3 is 10.6 Å². The predicted octanol–water partition coefficient (Wildman–Crippen LogP) is 1.28. The summed E-state index contributed by atoms with van der Waals surface area (Å²) in [4.78, 5) is 15.2. The van der Waals surface area contributed by atoms with Crippen LogP contribution in [0.2, 0.25) is 5.02 Å². The molecule has 1 aromatic rings. The fourth-order valence-electron chi connectivity index (χ4n) is 0.965. The number of carbonyl (C=O) groups is 1. The predicted molar refractivity (Wildman–Crippen MR) is 56.4 cm³/mol. The van der Waals surface area contributed by atoms with Crippen LogP contribution in [0.4, 0.5) is 5.82 Å². The van der Waals surface area contributed by atoms with Gasteiger partial charge >= 0.3 is 0 Å². The van der Waals surface area contributed by atoms with E-state index in [1.54, 1.807) is 26.1 Å². The highest BCUT2D eigenvalue weighted by Gasteiger charge is 2.10. The summed E-state index contributed by atoms with van der Waals surface area (Å²) in [6.07, 6.45) is 1.53. The second kappa shape index (κ2) is 4.81. The molecule has 0 fully saturated rings. The van der Waals surface area contributed by atoms with Gasteiger partial charge in [0.2, 0.25) is 5.91 Å². The van der Waals surface area contributed by atoms with Gasteiger partial charge in [0.05, 0.1) is 5.02 Å². The Morgan fingerprint density at radius 1 is 1.57 bits per heavy atom. The van der Waals surface area contributed by atoms with Gasteiger partial charge in [-0.25, -0.2) is 4.98 Å². The molecular weight excluding hydrogens is 202 g/mol. The molecule has 2 N–H and O–H groups in total. The molecule has 14 heavy (non-hydrogen) atoms. The Bertz CT molecular complexity index is 312. The lowest BCUT2D eigenvalue weighted by Crippen LogP contribution is -2.35. The first-order valence-corrected chi connectivity index (χ1v) is 4.61. The van der Waals surface area contributed by atoms with Crippen molar-refractivity contribution in [3.05, 3.63) is 23.4 Å². The van der Waals surface area contributed by atoms with Crippen molar-refractivity contribution in [1.29, 1.82) is 0 Å². The number of carbonyl (C=O) groups excluding carboxylic acids is 1. The zero-order valence-electron chi connectivity index (χ0n) is 8.04. The highest BCUT2D eigenvalue weighted by Crippen LogP contribution is 2.10. The molecule has 1 rings (SSSR count). The minimum atomic E-state index is -0.311. The Hall–Kier alpha value is -1.29. The number of hydrogen-bond donors (Lipinski definition) is 2. The van der Waals surface area contributed by atoms with E-state index >= 15 is 0 Å². The van der Waals surface area contributed by atoms with E-state index in [1.165, 1.54) is 6.20 Å². The summed E-state index contributed by atoms with van der Waals surface area (Å²) < 4.78 is 0. The molecule has 76 valence electrons. The molecule has 5 heteroatoms. The maximum Gasteiger partial charge on any atom is 0.241 e. The number of nitrogens with one attached hydrogen (secondary N) is 2. The van der Waals surface area contributed by atoms with E-state index < -0.39 is 0 Å². The first kappa shape index (κ1) is 10.8. The van der Waals surface area contributed by atoms with Gasteiger partial charge in [0.1, 0.15) is 11.9 Å². The van der Waals surface area contributed by atoms with Crippen molar-refractivity contribution >= 4 is 23.3 Å². The van der Waals surface area contributed by atoms with Crippen LogP contribution in [0.25, 0.3) is 0 Å². The van der Waals surface area contributed by atoms with Gasteiger partial charge in [-0.3, -0.25) is 4.79 Å². The molecule has 0 aliphatic rings. The van der Waals surface area contributed by atoms with Crippen LogP contribution < -0.4 is 10.6 Å². The molecule has 0 spiro atoms. The highest BCUT2D eigenvalue weighted by molar-refractivity contribution is 6.30. The van der Waals surface area contributed by atoms with E-state index in [0.717, 1.165) is 0 Å². The molecule has 0 saturated heterocycles. The molecular formula is C9H12ClN3O. The third-order valence-corrected chi connectivity index (χ3v) is 1.96. The van der Waals surface area contributed by atoms with E-state index in [0.29, 0.717) is 10.8 Å². The molecule has 1 heterocycles. The molecule has 1 unspecified atom stereocenters. The summed E-state index contributed by atoms with van der Waals surface area (Å²) in [6.45, 7) is 1.76. The van der Waals surface area contributed by atoms with Crippen molar-refractivity contribution < 1.29 is 4.79 Å². The largest absolute Gasteiger partial charge is 0.359 e. The number of likely N-dealkylation sites (N-methyl/N-ethyl adjacent to an activating group) is 1. The van der Waals surface area contributed by atoms with Crippen LogP contribution in [0.5, 0.6) is 0 Å². The summed E-state index contributed by atoms with van der Waals surface area (Å²) in [5, 5.41) is 6.05. The lowest BCUT2D eigenvalue weighted by molar-refractivity contribution is -0.121. The second-order valence-corrected chi connectivity index (χ2v) is 3.28. The summed E-state index contributed by atoms with van der Waals surface area (Å²) in [7, 11) is 1.59. The van der Waals surface area contributed by atoms with Crippen molar-refractivity contribution in [3.63, 3.8) is 0 Å². The zero-order valence-corrected chi connectivity index (χ0v) is 8.80. The Labute approximate surface area is 87.7 Å². The Morgan fingerprint density at radius 3 is 2.79 bits per heavy atom. The van der Waals surface area contributed by atoms with Crippen molar-refractivity contribution in [2.75, 3.05) is 12.4 Å². The second-order valence-electron chi connectivity index (χ2n) is 2.84. The van der Waals surface area contributed by atoms with E-state index in [4.69, 9.17) is 11.6 Å². The normalized spacial score (nSPS) is 11.9. The van der Waals surface area contributed by atoms with Crippen molar-refractivity contribution in [3.8, 4) is 0 Å². The molecule has 0 aromatic carbocycles. The van der Waals surface area contributed by atoms with Gasteiger partial charge in [0.25, 0.3) is 0 Å². The van der Waals surface area contributed by atoms with Crippen LogP contribution in [0, 0.1) is 0 Å². The van der Waals surface area contributed by atoms with Gasteiger partial charge in [0, 0.05) is 13.2 Å². The minimum Gasteiger partial charge on any atom is -0.359 e. The van der Waals surface area contributed by atoms with Crippen LogP contribution in [0.1, 0.15) is 6.92 Å². The molecule has 0 radical (unpaired) electrons. The van der Waals surface area contributed by atoms with Gasteiger partial charge in [-0.1, -0.05) is 11.6 Å². The maximum atomic E-state index is 11.2. The highest BCUT2D eigenvalue weighted by atomic mass is 35.5. The third kappa shape index (κ3) is 2.88. The standard InChI is InChI=1S/C9H12ClN3O/c1-6(9(14)11-2)13-8-4-3-7(10)5-12-8/h3-6H,1-2H3,(H,11,14)(H,12,13). The SMILES string of the molecule is CNC(=O)C(C)Nc1ccc(Cl)cn1. The number of pyridine rings is 1. The Balaban J connectivity index is 2.60. The number of hydrogen-bond acceptors (Lipinski definition) is 3. The number of rotatable bonds is 3. The van der Waals surface area contributed by atoms with Gasteiger partial charge in [-0.05, 0) is 19.1 Å². The molecule has 0 saturated carbocycles. The van der Waals surface area contributed by atoms with Gasteiger partial charge in [0.15, 0.2) is 0 Å². The van der Waals surface area contributed by atoms with Gasteiger partial charge in [-0.2, -0.15) is 0 Å². The summed E-state index contributed by atoms with van der Waals surface area (Å²) >= 11 is 5.67. The van der Waals surface area contributed by atoms with Gasteiger partial charge in [-0.15, -0.1) is 0 Å². The fraction of sp³-hybridized carbons (Fsp3) is 0.333. The maximum absolute atomic E-state index is 11.2. The van der Waals surface area contributed by atoms with E-state index in [9.17, 15) is 4.79 Å². The molecule has 0 aliphatic heterocycles. The number of anilines is 1. The van der Waals surface area contributed by atoms with E-state index in [1.807, 2.05) is 0 Å². The van der Waals surface area contributed by atoms with Crippen LogP contribution >= 0.6 is 11.6 Å². The topological polar surface area (TPSA) is 54.0 Å². The first-order valence-electron chi connectivity index (χ1n) is 4.23. The molecule has 0 aliphatic carbocycles. The monoisotopic (exact) mass is 213 g/mol. The number of amides is 1. The quantitative estimate of drug-likeness (QED) is 0.796. The van der Waals surface area contributed by atoms with E-state index in [-0.39, 0.29) is 11.9 Å². The van der Waals surface area contributed by atoms with Crippen LogP contribution in [-0.4, -0.2) is 24.0 Å². The lowest BCUT2D eigenvalue weighted by atomic mass is 10.3. The first-order chi connectivity index (χ1) is 6.63. The average molecular weight is 214 g/mol. The lowest BCUT2D eigenvalue weighted by Gasteiger charge is -2.12. The van der Waals surface area contributed by atoms with Crippen LogP contribution in [0.3, 0.4) is 0 Å². The number of halogens is 1. The summed E-state index contributed by atoms with van der Waals surface area (Å²) in [5.74, 6) is 0.548. The molecule has 1 amide bonds. The van der Waals surface area contributed by atoms with Crippen LogP contribution in [-0.2, 0) is 4.79 Å². The number of aromatic nitrogens is 1. The molecule has 0 bridgehead atoms. The van der Waals surface area contributed by atoms with Crippen molar-refractivity contribution in [2.45, 2.75) is 13.0 Å². The summed E-state index contributed by atoms with van der Waals surface area (Å²) in [6, 6.07) is 3.13. The smallest absolute Gasteiger partial charge is 0.241 e. The molecule has 4 nitrogen and oxygen atoms in total. The minimum absolute atomic E-state index is 0.0817. The molecule has 1 aromatic heterocycles. The number of nitrogens with zero attached hydrogens (tertiary/aromatic N) is 1. The average Bonchev–Trinajstić information content (AvgIpc) is 2.20. The third-order valence-electron chi connectivity index (χ3n) is 1.73. The zero-order chi connectivity index (χ0) is 10.6. The van der Waals surface area contributed by atoms with Crippen molar-refractivity contribution in [1.82, 2.24) is 10.3 Å². The Morgan fingerprint density at radius 2 is 2.29 bits per heavy atom. The summed E-state index contributed by atoms with van der Waals surface area (Å²) in [5.41, 5.74) is 0. The Kier molecular flexibility index (Phi) is 3.71.